The lowest BCUT2D eigenvalue weighted by molar-refractivity contribution is 0.0607. The molecule has 3 heteroatoms. The highest BCUT2D eigenvalue weighted by Crippen LogP contribution is 2.32. The SMILES string of the molecule is CC1(COCc2ccccc2)NCCc2sccc21. The topological polar surface area (TPSA) is 21.3 Å². The lowest BCUT2D eigenvalue weighted by Crippen LogP contribution is -2.47. The molecule has 2 heterocycles. The third kappa shape index (κ3) is 2.73. The predicted octanol–water partition coefficient (Wildman–Crippen LogP) is 3.33. The first-order chi connectivity index (χ1) is 9.28. The zero-order chi connectivity index (χ0) is 13.1. The van der Waals surface area contributed by atoms with Gasteiger partial charge in [-0.15, -0.1) is 11.3 Å². The van der Waals surface area contributed by atoms with Crippen molar-refractivity contribution >= 4 is 11.3 Å². The van der Waals surface area contributed by atoms with Gasteiger partial charge in [-0.3, -0.25) is 0 Å². The van der Waals surface area contributed by atoms with E-state index < -0.39 is 0 Å². The van der Waals surface area contributed by atoms with Crippen molar-refractivity contribution in [3.05, 3.63) is 57.8 Å². The van der Waals surface area contributed by atoms with Crippen LogP contribution in [0.2, 0.25) is 0 Å². The van der Waals surface area contributed by atoms with Crippen molar-refractivity contribution in [3.63, 3.8) is 0 Å². The summed E-state index contributed by atoms with van der Waals surface area (Å²) in [6.45, 7) is 4.67. The van der Waals surface area contributed by atoms with Crippen LogP contribution in [-0.2, 0) is 23.3 Å². The van der Waals surface area contributed by atoms with E-state index in [2.05, 4.69) is 48.0 Å². The zero-order valence-electron chi connectivity index (χ0n) is 11.2. The van der Waals surface area contributed by atoms with Crippen molar-refractivity contribution in [3.8, 4) is 0 Å². The summed E-state index contributed by atoms with van der Waals surface area (Å²) in [5, 5.41) is 5.79. The molecule has 0 spiro atoms. The third-order valence-corrected chi connectivity index (χ3v) is 4.69. The molecule has 1 aromatic carbocycles. The summed E-state index contributed by atoms with van der Waals surface area (Å²) in [7, 11) is 0. The molecule has 1 N–H and O–H groups in total. The summed E-state index contributed by atoms with van der Waals surface area (Å²) >= 11 is 1.86. The molecule has 1 atom stereocenters. The van der Waals surface area contributed by atoms with E-state index in [0.29, 0.717) is 13.2 Å². The molecule has 3 rings (SSSR count). The normalized spacial score (nSPS) is 22.2. The van der Waals surface area contributed by atoms with Crippen LogP contribution in [0.1, 0.15) is 22.9 Å². The maximum absolute atomic E-state index is 5.93. The molecule has 0 fully saturated rings. The van der Waals surface area contributed by atoms with Gasteiger partial charge in [-0.1, -0.05) is 30.3 Å². The molecule has 100 valence electrons. The fraction of sp³-hybridized carbons (Fsp3) is 0.375. The lowest BCUT2D eigenvalue weighted by atomic mass is 9.89. The molecule has 1 aliphatic rings. The zero-order valence-corrected chi connectivity index (χ0v) is 12.0. The van der Waals surface area contributed by atoms with Crippen molar-refractivity contribution in [2.75, 3.05) is 13.2 Å². The minimum Gasteiger partial charge on any atom is -0.375 e. The molecule has 0 saturated carbocycles. The molecule has 19 heavy (non-hydrogen) atoms. The largest absolute Gasteiger partial charge is 0.375 e. The van der Waals surface area contributed by atoms with E-state index in [1.54, 1.807) is 0 Å². The Hall–Kier alpha value is -1.16. The number of hydrogen-bond donors (Lipinski definition) is 1. The standard InChI is InChI=1S/C16H19NOS/c1-16(12-18-11-13-5-3-2-4-6-13)14-8-10-19-15(14)7-9-17-16/h2-6,8,10,17H,7,9,11-12H2,1H3. The second-order valence-corrected chi connectivity index (χ2v) is 6.25. The molecule has 1 aromatic heterocycles. The first kappa shape index (κ1) is 12.9. The Labute approximate surface area is 118 Å². The van der Waals surface area contributed by atoms with E-state index in [9.17, 15) is 0 Å². The van der Waals surface area contributed by atoms with E-state index in [4.69, 9.17) is 4.74 Å². The number of thiophene rings is 1. The quantitative estimate of drug-likeness (QED) is 0.922. The second kappa shape index (κ2) is 5.45. The van der Waals surface area contributed by atoms with Gasteiger partial charge in [0.2, 0.25) is 0 Å². The first-order valence-corrected chi connectivity index (χ1v) is 7.59. The summed E-state index contributed by atoms with van der Waals surface area (Å²) < 4.78 is 5.93. The summed E-state index contributed by atoms with van der Waals surface area (Å²) in [6.07, 6.45) is 1.14. The molecule has 1 unspecified atom stereocenters. The summed E-state index contributed by atoms with van der Waals surface area (Å²) in [4.78, 5) is 1.50. The summed E-state index contributed by atoms with van der Waals surface area (Å²) in [5.74, 6) is 0. The van der Waals surface area contributed by atoms with Gasteiger partial charge >= 0.3 is 0 Å². The Morgan fingerprint density at radius 1 is 1.26 bits per heavy atom. The monoisotopic (exact) mass is 273 g/mol. The molecule has 0 aliphatic carbocycles. The van der Waals surface area contributed by atoms with Gasteiger partial charge < -0.3 is 10.1 Å². The minimum atomic E-state index is -0.0393. The van der Waals surface area contributed by atoms with Crippen LogP contribution in [-0.4, -0.2) is 13.2 Å². The van der Waals surface area contributed by atoms with Gasteiger partial charge in [-0.2, -0.15) is 0 Å². The highest BCUT2D eigenvalue weighted by atomic mass is 32.1. The molecule has 0 radical (unpaired) electrons. The van der Waals surface area contributed by atoms with Crippen molar-refractivity contribution in [1.29, 1.82) is 0 Å². The smallest absolute Gasteiger partial charge is 0.0717 e. The Bertz CT molecular complexity index is 537. The van der Waals surface area contributed by atoms with Crippen LogP contribution in [0.4, 0.5) is 0 Å². The number of ether oxygens (including phenoxy) is 1. The first-order valence-electron chi connectivity index (χ1n) is 6.71. The maximum Gasteiger partial charge on any atom is 0.0717 e. The Balaban J connectivity index is 1.64. The lowest BCUT2D eigenvalue weighted by Gasteiger charge is -2.35. The van der Waals surface area contributed by atoms with Gasteiger partial charge in [0.25, 0.3) is 0 Å². The number of hydrogen-bond acceptors (Lipinski definition) is 3. The van der Waals surface area contributed by atoms with Gasteiger partial charge in [-0.05, 0) is 35.9 Å². The molecule has 0 saturated heterocycles. The molecular formula is C16H19NOS. The van der Waals surface area contributed by atoms with Crippen molar-refractivity contribution in [1.82, 2.24) is 5.32 Å². The van der Waals surface area contributed by atoms with Crippen molar-refractivity contribution in [2.45, 2.75) is 25.5 Å². The summed E-state index contributed by atoms with van der Waals surface area (Å²) in [6, 6.07) is 12.6. The number of benzene rings is 1. The Morgan fingerprint density at radius 2 is 2.11 bits per heavy atom. The molecule has 1 aliphatic heterocycles. The van der Waals surface area contributed by atoms with Gasteiger partial charge in [0.15, 0.2) is 0 Å². The number of nitrogens with one attached hydrogen (secondary N) is 1. The Morgan fingerprint density at radius 3 is 2.95 bits per heavy atom. The van der Waals surface area contributed by atoms with Crippen LogP contribution in [0.25, 0.3) is 0 Å². The molecule has 2 nitrogen and oxygen atoms in total. The molecular weight excluding hydrogens is 254 g/mol. The predicted molar refractivity (Wildman–Crippen MR) is 79.5 cm³/mol. The van der Waals surface area contributed by atoms with Gasteiger partial charge in [0.1, 0.15) is 0 Å². The van der Waals surface area contributed by atoms with E-state index in [1.807, 2.05) is 17.4 Å². The minimum absolute atomic E-state index is 0.0393. The molecule has 2 aromatic rings. The van der Waals surface area contributed by atoms with Crippen LogP contribution >= 0.6 is 11.3 Å². The second-order valence-electron chi connectivity index (χ2n) is 5.24. The van der Waals surface area contributed by atoms with Crippen LogP contribution in [0.5, 0.6) is 0 Å². The van der Waals surface area contributed by atoms with E-state index in [1.165, 1.54) is 16.0 Å². The number of fused-ring (bicyclic) bond motifs is 1. The van der Waals surface area contributed by atoms with E-state index >= 15 is 0 Å². The van der Waals surface area contributed by atoms with Gasteiger partial charge in [-0.25, -0.2) is 0 Å². The van der Waals surface area contributed by atoms with Crippen LogP contribution in [0.15, 0.2) is 41.8 Å². The van der Waals surface area contributed by atoms with Crippen molar-refractivity contribution in [2.24, 2.45) is 0 Å². The highest BCUT2D eigenvalue weighted by molar-refractivity contribution is 7.10. The number of rotatable bonds is 4. The summed E-state index contributed by atoms with van der Waals surface area (Å²) in [5.41, 5.74) is 2.60. The van der Waals surface area contributed by atoms with Crippen LogP contribution in [0.3, 0.4) is 0 Å². The fourth-order valence-corrected chi connectivity index (χ4v) is 3.66. The Kier molecular flexibility index (Phi) is 3.69. The van der Waals surface area contributed by atoms with Crippen LogP contribution < -0.4 is 5.32 Å². The van der Waals surface area contributed by atoms with E-state index in [-0.39, 0.29) is 5.54 Å². The van der Waals surface area contributed by atoms with Crippen molar-refractivity contribution < 1.29 is 4.74 Å². The highest BCUT2D eigenvalue weighted by Gasteiger charge is 2.32. The van der Waals surface area contributed by atoms with Crippen LogP contribution in [0, 0.1) is 0 Å². The maximum atomic E-state index is 5.93. The molecule has 0 amide bonds. The van der Waals surface area contributed by atoms with Gasteiger partial charge in [0.05, 0.1) is 18.8 Å². The average Bonchev–Trinajstić information content (AvgIpc) is 2.90. The third-order valence-electron chi connectivity index (χ3n) is 3.71. The van der Waals surface area contributed by atoms with Gasteiger partial charge in [0, 0.05) is 11.4 Å². The van der Waals surface area contributed by atoms with E-state index in [0.717, 1.165) is 13.0 Å². The molecule has 0 bridgehead atoms. The fourth-order valence-electron chi connectivity index (χ4n) is 2.65. The average molecular weight is 273 g/mol.